The van der Waals surface area contributed by atoms with Crippen molar-refractivity contribution >= 4 is 73.8 Å². The first kappa shape index (κ1) is 44.3. The number of nitrogens with two attached hydrogens (primary N) is 2. The van der Waals surface area contributed by atoms with Crippen molar-refractivity contribution in [3.63, 3.8) is 0 Å². The van der Waals surface area contributed by atoms with E-state index >= 15 is 0 Å². The molecular formula is C24H33F3N9O13P3S3. The average Bonchev–Trinajstić information content (AvgIpc) is 3.75. The number of thioether (sulfide) groups is 1. The molecule has 0 amide bonds. The van der Waals surface area contributed by atoms with Gasteiger partial charge >= 0.3 is 35.3 Å². The molecule has 55 heavy (non-hydrogen) atoms. The van der Waals surface area contributed by atoms with Gasteiger partial charge in [0, 0.05) is 42.5 Å². The first-order valence-corrected chi connectivity index (χ1v) is 23.4. The Morgan fingerprint density at radius 3 is 2.33 bits per heavy atom. The van der Waals surface area contributed by atoms with Crippen LogP contribution in [0.2, 0.25) is 0 Å². The van der Waals surface area contributed by atoms with E-state index in [1.807, 2.05) is 0 Å². The monoisotopic (exact) mass is 901 g/mol. The van der Waals surface area contributed by atoms with Crippen LogP contribution in [0.4, 0.5) is 19.0 Å². The topological polar surface area (TPSA) is 342 Å². The maximum Gasteiger partial charge on any atom is 0.490 e. The van der Waals surface area contributed by atoms with Crippen LogP contribution in [-0.2, 0) is 49.5 Å². The van der Waals surface area contributed by atoms with Gasteiger partial charge in [0.05, 0.1) is 6.61 Å². The Balaban J connectivity index is 1.36. The molecular weight excluding hydrogens is 868 g/mol. The van der Waals surface area contributed by atoms with Gasteiger partial charge in [0.2, 0.25) is 0 Å². The molecule has 0 aliphatic carbocycles. The second-order valence-corrected chi connectivity index (χ2v) is 19.5. The molecule has 1 fully saturated rings. The smallest absolute Gasteiger partial charge is 0.387 e. The molecule has 0 bridgehead atoms. The van der Waals surface area contributed by atoms with Gasteiger partial charge in [0.25, 0.3) is 0 Å². The maximum absolute atomic E-state index is 14.1. The lowest BCUT2D eigenvalue weighted by Gasteiger charge is -2.20. The number of fused-ring (bicyclic) bond motifs is 1. The number of nitrogen functional groups attached to an aromatic ring is 1. The van der Waals surface area contributed by atoms with E-state index in [0.717, 1.165) is 29.6 Å². The number of imidazole rings is 1. The number of hydrogen-bond acceptors (Lipinski definition) is 20. The van der Waals surface area contributed by atoms with Crippen LogP contribution in [-0.4, -0.2) is 105 Å². The molecule has 1 saturated heterocycles. The van der Waals surface area contributed by atoms with Crippen molar-refractivity contribution in [2.24, 2.45) is 16.0 Å². The summed E-state index contributed by atoms with van der Waals surface area (Å²) in [6, 6.07) is 4.34. The second-order valence-electron chi connectivity index (χ2n) is 11.4. The highest BCUT2D eigenvalue weighted by Crippen LogP contribution is 2.66. The molecule has 2 aliphatic heterocycles. The Bertz CT molecular complexity index is 2030. The van der Waals surface area contributed by atoms with Crippen LogP contribution in [0.5, 0.6) is 0 Å². The van der Waals surface area contributed by atoms with Crippen molar-refractivity contribution < 1.29 is 74.5 Å². The standard InChI is InChI=1S/C24H33F3N9O13P3S3/c25-24(26,27)23(34-35-23)14-6-12(8-30-2-4-55-54-3-1-28)5-13(7-14)10-53-22-33-16-19(29)31-11-32-20(16)36(22)21-18(38)17(37)15(47-21)9-46-51(42,43)49-52(44,45)48-50(39,40)41/h5-7,11,15,17-18,21,30,37-38H,1-4,8-10,28H2,(H,42,43)(H,44,45)(H2,29,31,32)(H2,39,40,41)/t15-,17-,18-,21-/m1/s1. The fourth-order valence-corrected chi connectivity index (χ4v) is 10.8. The van der Waals surface area contributed by atoms with Gasteiger partial charge < -0.3 is 51.3 Å². The summed E-state index contributed by atoms with van der Waals surface area (Å²) in [5, 5.41) is 31.7. The number of nitrogens with one attached hydrogen (secondary N) is 1. The first-order valence-electron chi connectivity index (χ1n) is 15.4. The second kappa shape index (κ2) is 17.6. The molecule has 2 aromatic heterocycles. The number of ether oxygens (including phenoxy) is 1. The highest BCUT2D eigenvalue weighted by atomic mass is 33.1. The van der Waals surface area contributed by atoms with Crippen LogP contribution in [0.15, 0.2) is 39.9 Å². The molecule has 1 aromatic carbocycles. The molecule has 6 atom stereocenters. The Kier molecular flexibility index (Phi) is 14.2. The molecule has 22 nitrogen and oxygen atoms in total. The zero-order valence-electron chi connectivity index (χ0n) is 27.6. The molecule has 0 spiro atoms. The van der Waals surface area contributed by atoms with Crippen LogP contribution in [0, 0.1) is 0 Å². The van der Waals surface area contributed by atoms with Gasteiger partial charge in [-0.25, -0.2) is 28.6 Å². The van der Waals surface area contributed by atoms with E-state index < -0.39 is 66.5 Å². The normalized spacial score (nSPS) is 23.2. The molecule has 3 aromatic rings. The van der Waals surface area contributed by atoms with Gasteiger partial charge in [-0.3, -0.25) is 9.09 Å². The number of hydrogen-bond donors (Lipinski definition) is 9. The summed E-state index contributed by atoms with van der Waals surface area (Å²) in [7, 11) is -13.9. The summed E-state index contributed by atoms with van der Waals surface area (Å²) in [5.41, 5.74) is 9.49. The van der Waals surface area contributed by atoms with Gasteiger partial charge in [0.15, 0.2) is 28.4 Å². The number of halogens is 3. The molecule has 5 rings (SSSR count). The van der Waals surface area contributed by atoms with Crippen molar-refractivity contribution in [3.8, 4) is 0 Å². The minimum atomic E-state index is -5.85. The molecule has 0 radical (unpaired) electrons. The number of alkyl halides is 3. The zero-order chi connectivity index (χ0) is 40.4. The summed E-state index contributed by atoms with van der Waals surface area (Å²) < 4.78 is 95.9. The molecule has 0 saturated carbocycles. The van der Waals surface area contributed by atoms with Crippen molar-refractivity contribution in [1.29, 1.82) is 0 Å². The first-order chi connectivity index (χ1) is 25.7. The summed E-state index contributed by atoms with van der Waals surface area (Å²) in [5.74, 6) is 1.35. The van der Waals surface area contributed by atoms with Crippen molar-refractivity contribution in [2.45, 2.75) is 53.8 Å². The van der Waals surface area contributed by atoms with Gasteiger partial charge in [-0.05, 0) is 17.2 Å². The quantitative estimate of drug-likeness (QED) is 0.0340. The Labute approximate surface area is 320 Å². The highest BCUT2D eigenvalue weighted by molar-refractivity contribution is 8.76. The number of rotatable bonds is 20. The lowest BCUT2D eigenvalue weighted by atomic mass is 9.97. The van der Waals surface area contributed by atoms with Gasteiger partial charge in [0.1, 0.15) is 24.6 Å². The molecule has 306 valence electrons. The molecule has 4 heterocycles. The van der Waals surface area contributed by atoms with E-state index in [1.54, 1.807) is 27.7 Å². The molecule has 11 N–H and O–H groups in total. The number of phosphoric acid groups is 3. The van der Waals surface area contributed by atoms with Crippen molar-refractivity contribution in [1.82, 2.24) is 24.8 Å². The fraction of sp³-hybridized carbons (Fsp3) is 0.542. The van der Waals surface area contributed by atoms with Gasteiger partial charge in [-0.1, -0.05) is 45.5 Å². The van der Waals surface area contributed by atoms with Gasteiger partial charge in [-0.2, -0.15) is 21.8 Å². The van der Waals surface area contributed by atoms with Crippen LogP contribution in [0.3, 0.4) is 0 Å². The number of anilines is 1. The Morgan fingerprint density at radius 2 is 1.67 bits per heavy atom. The summed E-state index contributed by atoms with van der Waals surface area (Å²) in [6.45, 7) is 0.204. The van der Waals surface area contributed by atoms with E-state index in [-0.39, 0.29) is 40.0 Å². The lowest BCUT2D eigenvalue weighted by Crippen LogP contribution is -2.33. The molecule has 2 aliphatic rings. The Hall–Kier alpha value is -1.78. The van der Waals surface area contributed by atoms with Crippen LogP contribution in [0.25, 0.3) is 11.2 Å². The minimum Gasteiger partial charge on any atom is -0.387 e. The average molecular weight is 902 g/mol. The number of aromatic nitrogens is 4. The van der Waals surface area contributed by atoms with E-state index in [9.17, 15) is 46.9 Å². The third-order valence-corrected chi connectivity index (χ3v) is 14.6. The predicted molar refractivity (Wildman–Crippen MR) is 190 cm³/mol. The largest absolute Gasteiger partial charge is 0.490 e. The lowest BCUT2D eigenvalue weighted by molar-refractivity contribution is -0.166. The van der Waals surface area contributed by atoms with Gasteiger partial charge in [-0.15, -0.1) is 10.2 Å². The van der Waals surface area contributed by atoms with Crippen molar-refractivity contribution in [2.75, 3.05) is 36.9 Å². The van der Waals surface area contributed by atoms with E-state index in [0.29, 0.717) is 24.2 Å². The van der Waals surface area contributed by atoms with E-state index in [4.69, 9.17) is 26.0 Å². The predicted octanol–water partition coefficient (Wildman–Crippen LogP) is 2.27. The Morgan fingerprint density at radius 1 is 0.982 bits per heavy atom. The summed E-state index contributed by atoms with van der Waals surface area (Å²) >= 11 is 0.954. The molecule has 2 unspecified atom stereocenters. The summed E-state index contributed by atoms with van der Waals surface area (Å²) in [6.07, 6.45) is -10.7. The fourth-order valence-electron chi connectivity index (χ4n) is 5.04. The van der Waals surface area contributed by atoms with Crippen LogP contribution >= 0.6 is 56.8 Å². The number of nitrogens with zero attached hydrogens (tertiary/aromatic N) is 6. The number of aliphatic hydroxyl groups excluding tert-OH is 2. The number of benzene rings is 1. The molecule has 31 heteroatoms. The maximum atomic E-state index is 14.1. The summed E-state index contributed by atoms with van der Waals surface area (Å²) in [4.78, 5) is 49.2. The van der Waals surface area contributed by atoms with Crippen molar-refractivity contribution in [3.05, 3.63) is 41.2 Å². The number of phosphoric ester groups is 1. The van der Waals surface area contributed by atoms with Crippen LogP contribution < -0.4 is 16.8 Å². The SMILES string of the molecule is NCCSSCCNCc1cc(CSc2nc3c(N)ncnc3n2[C@@H]2O[C@H](COP(=O)(O)OP(=O)(O)OP(=O)(O)O)[C@@H](O)[C@H]2O)cc(C2(C(F)(F)F)N=N2)c1. The van der Waals surface area contributed by atoms with Crippen LogP contribution in [0.1, 0.15) is 22.9 Å². The van der Waals surface area contributed by atoms with E-state index in [1.165, 1.54) is 16.7 Å². The third-order valence-electron chi connectivity index (χ3n) is 7.38. The minimum absolute atomic E-state index is 0.0137. The van der Waals surface area contributed by atoms with E-state index in [2.05, 4.69) is 43.6 Å². The third kappa shape index (κ3) is 11.2. The zero-order valence-corrected chi connectivity index (χ0v) is 32.8. The highest BCUT2D eigenvalue weighted by Gasteiger charge is 2.65. The number of aliphatic hydroxyl groups is 2.